The maximum absolute atomic E-state index is 13.7. The molecule has 0 bridgehead atoms. The van der Waals surface area contributed by atoms with E-state index in [2.05, 4.69) is 0 Å². The molecule has 0 radical (unpaired) electrons. The largest absolute Gasteiger partial charge is 0.493 e. The Morgan fingerprint density at radius 1 is 1.00 bits per heavy atom. The first-order valence-electron chi connectivity index (χ1n) is 10.0. The Morgan fingerprint density at radius 3 is 2.42 bits per heavy atom. The Morgan fingerprint density at radius 2 is 1.74 bits per heavy atom. The van der Waals surface area contributed by atoms with E-state index in [0.29, 0.717) is 41.2 Å². The Bertz CT molecular complexity index is 1230. The van der Waals surface area contributed by atoms with Crippen LogP contribution in [0.4, 0.5) is 0 Å². The molecular formula is C24H25NO6. The fourth-order valence-electron chi connectivity index (χ4n) is 4.30. The number of nitrogens with zero attached hydrogens (tertiary/aromatic N) is 1. The van der Waals surface area contributed by atoms with E-state index in [4.69, 9.17) is 18.6 Å². The summed E-state index contributed by atoms with van der Waals surface area (Å²) in [5, 5.41) is 0.496. The zero-order valence-corrected chi connectivity index (χ0v) is 18.3. The van der Waals surface area contributed by atoms with Crippen LogP contribution in [0.5, 0.6) is 11.5 Å². The molecule has 1 aliphatic rings. The summed E-state index contributed by atoms with van der Waals surface area (Å²) in [6.45, 7) is 4.45. The summed E-state index contributed by atoms with van der Waals surface area (Å²) >= 11 is 0. The van der Waals surface area contributed by atoms with Gasteiger partial charge in [-0.3, -0.25) is 9.59 Å². The molecule has 0 N–H and O–H groups in total. The molecule has 7 heteroatoms. The maximum Gasteiger partial charge on any atom is 0.290 e. The summed E-state index contributed by atoms with van der Waals surface area (Å²) in [5.41, 5.74) is 3.09. The summed E-state index contributed by atoms with van der Waals surface area (Å²) in [7, 11) is 4.68. The second kappa shape index (κ2) is 8.07. The molecule has 0 unspecified atom stereocenters. The van der Waals surface area contributed by atoms with Gasteiger partial charge in [-0.15, -0.1) is 0 Å². The minimum absolute atomic E-state index is 0.0818. The normalized spacial score (nSPS) is 15.5. The van der Waals surface area contributed by atoms with Crippen molar-refractivity contribution in [3.05, 3.63) is 68.6 Å². The number of carbonyl (C=O) groups is 1. The minimum Gasteiger partial charge on any atom is -0.493 e. The molecule has 2 aromatic carbocycles. The highest BCUT2D eigenvalue weighted by Crippen LogP contribution is 2.41. The predicted octanol–water partition coefficient (Wildman–Crippen LogP) is 3.62. The topological polar surface area (TPSA) is 78.2 Å². The molecule has 4 rings (SSSR count). The number of carbonyl (C=O) groups excluding carboxylic acids is 1. The van der Waals surface area contributed by atoms with Crippen molar-refractivity contribution in [2.45, 2.75) is 19.9 Å². The third kappa shape index (κ3) is 3.35. The SMILES string of the molecule is COCCN1C(=O)c2oc3cc(C)cc(C)c3c(=O)c2[C@H]1c1ccc(OC)c(OC)c1. The van der Waals surface area contributed by atoms with Gasteiger partial charge < -0.3 is 23.5 Å². The highest BCUT2D eigenvalue weighted by atomic mass is 16.5. The van der Waals surface area contributed by atoms with Crippen LogP contribution < -0.4 is 14.9 Å². The second-order valence-corrected chi connectivity index (χ2v) is 7.64. The van der Waals surface area contributed by atoms with Crippen molar-refractivity contribution in [3.8, 4) is 11.5 Å². The van der Waals surface area contributed by atoms with Crippen molar-refractivity contribution in [3.63, 3.8) is 0 Å². The van der Waals surface area contributed by atoms with Crippen LogP contribution in [0, 0.1) is 13.8 Å². The van der Waals surface area contributed by atoms with Crippen molar-refractivity contribution in [2.24, 2.45) is 0 Å². The van der Waals surface area contributed by atoms with Crippen LogP contribution >= 0.6 is 0 Å². The molecule has 0 saturated carbocycles. The zero-order chi connectivity index (χ0) is 22.3. The Labute approximate surface area is 180 Å². The van der Waals surface area contributed by atoms with Crippen molar-refractivity contribution < 1.29 is 23.4 Å². The molecule has 3 aromatic rings. The first-order valence-corrected chi connectivity index (χ1v) is 10.0. The first kappa shape index (κ1) is 20.9. The number of aryl methyl sites for hydroxylation is 2. The van der Waals surface area contributed by atoms with Crippen molar-refractivity contribution in [1.29, 1.82) is 0 Å². The summed E-state index contributed by atoms with van der Waals surface area (Å²) < 4.78 is 22.0. The third-order valence-corrected chi connectivity index (χ3v) is 5.67. The number of amides is 1. The molecular weight excluding hydrogens is 398 g/mol. The van der Waals surface area contributed by atoms with E-state index in [1.165, 1.54) is 0 Å². The van der Waals surface area contributed by atoms with E-state index in [9.17, 15) is 9.59 Å². The van der Waals surface area contributed by atoms with Gasteiger partial charge in [0, 0.05) is 13.7 Å². The van der Waals surface area contributed by atoms with E-state index >= 15 is 0 Å². The molecule has 0 saturated heterocycles. The van der Waals surface area contributed by atoms with Crippen molar-refractivity contribution >= 4 is 16.9 Å². The van der Waals surface area contributed by atoms with Crippen LogP contribution in [-0.4, -0.2) is 45.3 Å². The van der Waals surface area contributed by atoms with Crippen LogP contribution in [0.1, 0.15) is 38.9 Å². The van der Waals surface area contributed by atoms with Gasteiger partial charge in [0.15, 0.2) is 16.9 Å². The van der Waals surface area contributed by atoms with Crippen LogP contribution in [-0.2, 0) is 4.74 Å². The highest BCUT2D eigenvalue weighted by molar-refractivity contribution is 5.99. The predicted molar refractivity (Wildman–Crippen MR) is 116 cm³/mol. The van der Waals surface area contributed by atoms with Gasteiger partial charge in [0.05, 0.1) is 37.8 Å². The molecule has 1 amide bonds. The standard InChI is InChI=1S/C24H25NO6/c1-13-10-14(2)19-18(11-13)31-23-20(22(19)26)21(25(24(23)27)8-9-28-3)15-6-7-16(29-4)17(12-15)30-5/h6-7,10-12,21H,8-9H2,1-5H3/t21-/m1/s1. The first-order chi connectivity index (χ1) is 14.9. The number of fused-ring (bicyclic) bond motifs is 2. The third-order valence-electron chi connectivity index (χ3n) is 5.67. The van der Waals surface area contributed by atoms with Gasteiger partial charge in [-0.1, -0.05) is 12.1 Å². The highest BCUT2D eigenvalue weighted by Gasteiger charge is 2.43. The molecule has 0 spiro atoms. The second-order valence-electron chi connectivity index (χ2n) is 7.64. The molecule has 31 heavy (non-hydrogen) atoms. The monoisotopic (exact) mass is 423 g/mol. The van der Waals surface area contributed by atoms with Gasteiger partial charge in [0.1, 0.15) is 5.58 Å². The summed E-state index contributed by atoms with van der Waals surface area (Å²) in [6, 6.07) is 8.51. The van der Waals surface area contributed by atoms with Gasteiger partial charge in [-0.2, -0.15) is 0 Å². The molecule has 2 heterocycles. The molecule has 0 aliphatic carbocycles. The molecule has 0 fully saturated rings. The lowest BCUT2D eigenvalue weighted by Crippen LogP contribution is -2.32. The van der Waals surface area contributed by atoms with Gasteiger partial charge in [-0.05, 0) is 48.7 Å². The molecule has 7 nitrogen and oxygen atoms in total. The summed E-state index contributed by atoms with van der Waals surface area (Å²) in [5.74, 6) is 0.837. The number of rotatable bonds is 6. The number of benzene rings is 2. The van der Waals surface area contributed by atoms with E-state index in [1.807, 2.05) is 26.0 Å². The maximum atomic E-state index is 13.7. The minimum atomic E-state index is -0.612. The van der Waals surface area contributed by atoms with E-state index in [-0.39, 0.29) is 17.1 Å². The summed E-state index contributed by atoms with van der Waals surface area (Å²) in [4.78, 5) is 28.6. The summed E-state index contributed by atoms with van der Waals surface area (Å²) in [6.07, 6.45) is 0. The fraction of sp³-hybridized carbons (Fsp3) is 0.333. The van der Waals surface area contributed by atoms with Crippen molar-refractivity contribution in [2.75, 3.05) is 34.5 Å². The lowest BCUT2D eigenvalue weighted by Gasteiger charge is -2.25. The van der Waals surface area contributed by atoms with Gasteiger partial charge in [0.25, 0.3) is 5.91 Å². The van der Waals surface area contributed by atoms with Crippen LogP contribution in [0.15, 0.2) is 39.5 Å². The number of methoxy groups -OCH3 is 3. The zero-order valence-electron chi connectivity index (χ0n) is 18.3. The number of hydrogen-bond donors (Lipinski definition) is 0. The van der Waals surface area contributed by atoms with Crippen molar-refractivity contribution in [1.82, 2.24) is 4.90 Å². The Balaban J connectivity index is 1.99. The molecule has 1 atom stereocenters. The van der Waals surface area contributed by atoms with Gasteiger partial charge in [-0.25, -0.2) is 0 Å². The lowest BCUT2D eigenvalue weighted by atomic mass is 9.96. The van der Waals surface area contributed by atoms with E-state index < -0.39 is 6.04 Å². The van der Waals surface area contributed by atoms with E-state index in [0.717, 1.165) is 16.7 Å². The molecule has 162 valence electrons. The van der Waals surface area contributed by atoms with Crippen LogP contribution in [0.25, 0.3) is 11.0 Å². The molecule has 1 aromatic heterocycles. The fourth-order valence-corrected chi connectivity index (χ4v) is 4.30. The number of hydrogen-bond acceptors (Lipinski definition) is 6. The smallest absolute Gasteiger partial charge is 0.290 e. The molecule has 1 aliphatic heterocycles. The average Bonchev–Trinajstić information content (AvgIpc) is 3.03. The lowest BCUT2D eigenvalue weighted by molar-refractivity contribution is 0.0663. The van der Waals surface area contributed by atoms with Gasteiger partial charge in [0.2, 0.25) is 5.76 Å². The Hall–Kier alpha value is -3.32. The van der Waals surface area contributed by atoms with E-state index in [1.54, 1.807) is 44.4 Å². The van der Waals surface area contributed by atoms with Crippen LogP contribution in [0.2, 0.25) is 0 Å². The van der Waals surface area contributed by atoms with Crippen LogP contribution in [0.3, 0.4) is 0 Å². The number of ether oxygens (including phenoxy) is 3. The quantitative estimate of drug-likeness (QED) is 0.603. The average molecular weight is 423 g/mol. The Kier molecular flexibility index (Phi) is 5.45. The van der Waals surface area contributed by atoms with Gasteiger partial charge >= 0.3 is 0 Å².